The highest BCUT2D eigenvalue weighted by Crippen LogP contribution is 2.55. The minimum absolute atomic E-state index is 0.133. The molecule has 0 aromatic heterocycles. The van der Waals surface area contributed by atoms with Gasteiger partial charge in [-0.05, 0) is 75.0 Å². The van der Waals surface area contributed by atoms with Gasteiger partial charge < -0.3 is 5.32 Å². The van der Waals surface area contributed by atoms with Crippen LogP contribution < -0.4 is 5.32 Å². The molecule has 1 N–H and O–H groups in total. The van der Waals surface area contributed by atoms with E-state index in [9.17, 15) is 9.00 Å². The van der Waals surface area contributed by atoms with Crippen LogP contribution in [0.5, 0.6) is 0 Å². The number of nitrogens with one attached hydrogen (secondary N) is 1. The van der Waals surface area contributed by atoms with Crippen LogP contribution in [0, 0.1) is 23.7 Å². The van der Waals surface area contributed by atoms with Crippen molar-refractivity contribution in [1.29, 1.82) is 0 Å². The van der Waals surface area contributed by atoms with Gasteiger partial charge in [-0.3, -0.25) is 4.79 Å². The van der Waals surface area contributed by atoms with Crippen LogP contribution >= 0.6 is 0 Å². The molecule has 1 saturated heterocycles. The lowest BCUT2D eigenvalue weighted by Crippen LogP contribution is -2.60. The summed E-state index contributed by atoms with van der Waals surface area (Å²) in [4.78, 5) is 12.7. The van der Waals surface area contributed by atoms with Gasteiger partial charge in [0.1, 0.15) is 0 Å². The average molecular weight is 367 g/mol. The Labute approximate surface area is 155 Å². The van der Waals surface area contributed by atoms with Crippen molar-refractivity contribution in [3.05, 3.63) is 0 Å². The highest BCUT2D eigenvalue weighted by atomic mass is 32.2. The molecule has 0 aromatic carbocycles. The number of unbranched alkanes of at least 4 members (excludes halogenated alkanes) is 1. The lowest BCUT2D eigenvalue weighted by atomic mass is 9.53. The Morgan fingerprint density at radius 2 is 1.80 bits per heavy atom. The van der Waals surface area contributed by atoms with Crippen molar-refractivity contribution < 1.29 is 9.00 Å². The molecule has 1 amide bonds. The highest BCUT2D eigenvalue weighted by molar-refractivity contribution is 7.82. The fourth-order valence-corrected chi connectivity index (χ4v) is 7.90. The van der Waals surface area contributed by atoms with Crippen LogP contribution in [0.25, 0.3) is 0 Å². The molecule has 5 rings (SSSR count). The Hall–Kier alpha value is -0.420. The van der Waals surface area contributed by atoms with E-state index >= 15 is 0 Å². The molecule has 142 valence electrons. The van der Waals surface area contributed by atoms with E-state index in [2.05, 4.69) is 16.5 Å². The highest BCUT2D eigenvalue weighted by Gasteiger charge is 2.51. The van der Waals surface area contributed by atoms with E-state index in [0.717, 1.165) is 55.9 Å². The molecule has 5 fully saturated rings. The average Bonchev–Trinajstić information content (AvgIpc) is 2.99. The van der Waals surface area contributed by atoms with Gasteiger partial charge in [0.2, 0.25) is 5.91 Å². The van der Waals surface area contributed by atoms with Gasteiger partial charge in [0.05, 0.1) is 11.0 Å². The molecule has 5 aliphatic rings. The van der Waals surface area contributed by atoms with Crippen molar-refractivity contribution in [2.24, 2.45) is 23.7 Å². The number of hydrogen-bond donors (Lipinski definition) is 1. The molecule has 1 heterocycles. The summed E-state index contributed by atoms with van der Waals surface area (Å²) in [6.45, 7) is 3.87. The molecule has 25 heavy (non-hydrogen) atoms. The maximum absolute atomic E-state index is 12.7. The standard InChI is InChI=1S/C20H34N2O2S/c1-2-3-6-25(24)22-5-4-15(14-22)10-19(23)21-20-11-16-7-17(12-20)9-18(8-16)13-20/h15-18H,2-14H2,1H3,(H,21,23). The second-order valence-corrected chi connectivity index (χ2v) is 10.9. The van der Waals surface area contributed by atoms with Gasteiger partial charge in [-0.1, -0.05) is 13.3 Å². The Morgan fingerprint density at radius 3 is 2.40 bits per heavy atom. The first kappa shape index (κ1) is 18.0. The maximum atomic E-state index is 12.7. The quantitative estimate of drug-likeness (QED) is 0.752. The molecule has 4 nitrogen and oxygen atoms in total. The molecule has 5 heteroatoms. The summed E-state index contributed by atoms with van der Waals surface area (Å²) < 4.78 is 14.4. The monoisotopic (exact) mass is 366 g/mol. The third kappa shape index (κ3) is 3.97. The van der Waals surface area contributed by atoms with Crippen LogP contribution in [0.2, 0.25) is 0 Å². The molecule has 0 aromatic rings. The van der Waals surface area contributed by atoms with Gasteiger partial charge in [0.25, 0.3) is 0 Å². The summed E-state index contributed by atoms with van der Waals surface area (Å²) in [5, 5.41) is 3.50. The van der Waals surface area contributed by atoms with E-state index in [4.69, 9.17) is 0 Å². The zero-order chi connectivity index (χ0) is 17.4. The second-order valence-electron chi connectivity index (χ2n) is 9.37. The van der Waals surface area contributed by atoms with Crippen molar-refractivity contribution in [2.75, 3.05) is 18.8 Å². The van der Waals surface area contributed by atoms with E-state index in [0.29, 0.717) is 12.3 Å². The fourth-order valence-electron chi connectivity index (χ4n) is 6.42. The summed E-state index contributed by atoms with van der Waals surface area (Å²) in [7, 11) is -0.840. The van der Waals surface area contributed by atoms with Crippen LogP contribution in [-0.4, -0.2) is 38.8 Å². The van der Waals surface area contributed by atoms with Gasteiger partial charge in [-0.2, -0.15) is 0 Å². The predicted octanol–water partition coefficient (Wildman–Crippen LogP) is 3.25. The third-order valence-electron chi connectivity index (χ3n) is 7.13. The Bertz CT molecular complexity index is 501. The lowest BCUT2D eigenvalue weighted by molar-refractivity contribution is -0.127. The van der Waals surface area contributed by atoms with Crippen molar-refractivity contribution in [3.8, 4) is 0 Å². The van der Waals surface area contributed by atoms with Gasteiger partial charge in [0.15, 0.2) is 0 Å². The molecular weight excluding hydrogens is 332 g/mol. The van der Waals surface area contributed by atoms with Crippen molar-refractivity contribution >= 4 is 16.9 Å². The Balaban J connectivity index is 1.27. The third-order valence-corrected chi connectivity index (χ3v) is 8.67. The minimum Gasteiger partial charge on any atom is -0.351 e. The summed E-state index contributed by atoms with van der Waals surface area (Å²) >= 11 is 0. The second kappa shape index (κ2) is 7.30. The first-order valence-corrected chi connectivity index (χ1v) is 11.8. The summed E-state index contributed by atoms with van der Waals surface area (Å²) in [6.07, 6.45) is 11.7. The number of hydrogen-bond acceptors (Lipinski definition) is 2. The topological polar surface area (TPSA) is 49.4 Å². The SMILES string of the molecule is CCCCS(=O)N1CCC(CC(=O)NC23CC4CC(CC(C4)C2)C3)C1. The lowest BCUT2D eigenvalue weighted by Gasteiger charge is -2.57. The van der Waals surface area contributed by atoms with Gasteiger partial charge in [-0.15, -0.1) is 0 Å². The fraction of sp³-hybridized carbons (Fsp3) is 0.950. The molecule has 4 bridgehead atoms. The molecule has 2 atom stereocenters. The zero-order valence-corrected chi connectivity index (χ0v) is 16.5. The largest absolute Gasteiger partial charge is 0.351 e. The van der Waals surface area contributed by atoms with Crippen LogP contribution in [-0.2, 0) is 15.8 Å². The molecule has 1 aliphatic heterocycles. The van der Waals surface area contributed by atoms with E-state index in [1.165, 1.54) is 38.5 Å². The first-order valence-electron chi connectivity index (χ1n) is 10.5. The molecule has 4 saturated carbocycles. The minimum atomic E-state index is -0.840. The summed E-state index contributed by atoms with van der Waals surface area (Å²) in [6, 6.07) is 0. The van der Waals surface area contributed by atoms with Gasteiger partial charge in [-0.25, -0.2) is 8.51 Å². The molecule has 4 aliphatic carbocycles. The number of nitrogens with zero attached hydrogens (tertiary/aromatic N) is 1. The van der Waals surface area contributed by atoms with Gasteiger partial charge >= 0.3 is 0 Å². The smallest absolute Gasteiger partial charge is 0.220 e. The number of carbonyl (C=O) groups is 1. The molecule has 0 spiro atoms. The number of rotatable bonds is 7. The summed E-state index contributed by atoms with van der Waals surface area (Å²) in [5.41, 5.74) is 0.133. The molecule has 0 radical (unpaired) electrons. The van der Waals surface area contributed by atoms with Crippen molar-refractivity contribution in [2.45, 2.75) is 76.7 Å². The van der Waals surface area contributed by atoms with Gasteiger partial charge in [0, 0.05) is 30.8 Å². The molecule has 2 unspecified atom stereocenters. The van der Waals surface area contributed by atoms with Crippen molar-refractivity contribution in [3.63, 3.8) is 0 Å². The van der Waals surface area contributed by atoms with E-state index < -0.39 is 11.0 Å². The molecular formula is C20H34N2O2S. The Kier molecular flexibility index (Phi) is 5.25. The summed E-state index contributed by atoms with van der Waals surface area (Å²) in [5.74, 6) is 4.04. The zero-order valence-electron chi connectivity index (χ0n) is 15.7. The first-order chi connectivity index (χ1) is 12.0. The number of carbonyl (C=O) groups excluding carboxylic acids is 1. The van der Waals surface area contributed by atoms with E-state index in [1.807, 2.05) is 0 Å². The van der Waals surface area contributed by atoms with Crippen LogP contribution in [0.1, 0.15) is 71.1 Å². The van der Waals surface area contributed by atoms with E-state index in [-0.39, 0.29) is 11.4 Å². The number of amides is 1. The van der Waals surface area contributed by atoms with Crippen LogP contribution in [0.4, 0.5) is 0 Å². The van der Waals surface area contributed by atoms with Crippen LogP contribution in [0.15, 0.2) is 0 Å². The van der Waals surface area contributed by atoms with E-state index in [1.54, 1.807) is 0 Å². The predicted molar refractivity (Wildman–Crippen MR) is 101 cm³/mol. The normalized spacial score (nSPS) is 41.2. The van der Waals surface area contributed by atoms with Crippen molar-refractivity contribution in [1.82, 2.24) is 9.62 Å². The maximum Gasteiger partial charge on any atom is 0.220 e. The Morgan fingerprint density at radius 1 is 1.16 bits per heavy atom. The van der Waals surface area contributed by atoms with Crippen LogP contribution in [0.3, 0.4) is 0 Å².